The van der Waals surface area contributed by atoms with Gasteiger partial charge in [-0.3, -0.25) is 4.79 Å². The third-order valence-corrected chi connectivity index (χ3v) is 4.50. The number of carbonyl (C=O) groups excluding carboxylic acids is 1. The Morgan fingerprint density at radius 2 is 1.88 bits per heavy atom. The van der Waals surface area contributed by atoms with Crippen LogP contribution in [0.4, 0.5) is 0 Å². The maximum absolute atomic E-state index is 12.8. The second kappa shape index (κ2) is 6.88. The molecule has 0 bridgehead atoms. The van der Waals surface area contributed by atoms with Crippen molar-refractivity contribution >= 4 is 16.9 Å². The highest BCUT2D eigenvalue weighted by atomic mass is 16.3. The van der Waals surface area contributed by atoms with Crippen molar-refractivity contribution in [2.24, 2.45) is 0 Å². The van der Waals surface area contributed by atoms with Crippen molar-refractivity contribution in [1.29, 1.82) is 0 Å². The lowest BCUT2D eigenvalue weighted by molar-refractivity contribution is -0.124. The second-order valence-corrected chi connectivity index (χ2v) is 6.22. The smallest absolute Gasteiger partial charge is 0.243 e. The van der Waals surface area contributed by atoms with Gasteiger partial charge in [0, 0.05) is 17.8 Å². The fourth-order valence-electron chi connectivity index (χ4n) is 3.01. The molecule has 4 rings (SSSR count). The van der Waals surface area contributed by atoms with Gasteiger partial charge in [0.25, 0.3) is 0 Å². The SMILES string of the molecule is C[C@@H](C(=O)N[C@H](c1ccccc1)c1cc2ccccc2o1)n1ccnc1. The molecule has 2 heterocycles. The van der Waals surface area contributed by atoms with E-state index in [2.05, 4.69) is 10.3 Å². The number of nitrogens with one attached hydrogen (secondary N) is 1. The van der Waals surface area contributed by atoms with Crippen molar-refractivity contribution in [2.75, 3.05) is 0 Å². The second-order valence-electron chi connectivity index (χ2n) is 6.22. The lowest BCUT2D eigenvalue weighted by atomic mass is 10.0. The van der Waals surface area contributed by atoms with E-state index in [1.54, 1.807) is 23.3 Å². The molecule has 2 aromatic carbocycles. The number of hydrogen-bond acceptors (Lipinski definition) is 3. The van der Waals surface area contributed by atoms with Crippen LogP contribution in [0.5, 0.6) is 0 Å². The zero-order chi connectivity index (χ0) is 17.9. The zero-order valence-corrected chi connectivity index (χ0v) is 14.4. The third kappa shape index (κ3) is 3.11. The molecule has 0 unspecified atom stereocenters. The number of benzene rings is 2. The molecule has 1 amide bonds. The van der Waals surface area contributed by atoms with Crippen LogP contribution in [0.15, 0.2) is 83.8 Å². The average molecular weight is 345 g/mol. The quantitative estimate of drug-likeness (QED) is 0.592. The van der Waals surface area contributed by atoms with Gasteiger partial charge >= 0.3 is 0 Å². The molecule has 1 N–H and O–H groups in total. The molecule has 0 spiro atoms. The molecule has 130 valence electrons. The Hall–Kier alpha value is -3.34. The summed E-state index contributed by atoms with van der Waals surface area (Å²) in [5.74, 6) is 0.612. The number of nitrogens with zero attached hydrogens (tertiary/aromatic N) is 2. The molecule has 5 heteroatoms. The molecule has 2 atom stereocenters. The molecule has 0 saturated heterocycles. The van der Waals surface area contributed by atoms with Crippen molar-refractivity contribution in [1.82, 2.24) is 14.9 Å². The van der Waals surface area contributed by atoms with Crippen LogP contribution >= 0.6 is 0 Å². The van der Waals surface area contributed by atoms with Crippen molar-refractivity contribution in [3.63, 3.8) is 0 Å². The summed E-state index contributed by atoms with van der Waals surface area (Å²) in [5, 5.41) is 4.13. The summed E-state index contributed by atoms with van der Waals surface area (Å²) in [6, 6.07) is 18.9. The Labute approximate surface area is 151 Å². The molecule has 0 aliphatic rings. The van der Waals surface area contributed by atoms with Crippen molar-refractivity contribution < 1.29 is 9.21 Å². The van der Waals surface area contributed by atoms with E-state index in [1.807, 2.05) is 67.6 Å². The molecule has 0 fully saturated rings. The van der Waals surface area contributed by atoms with Crippen LogP contribution < -0.4 is 5.32 Å². The molecular weight excluding hydrogens is 326 g/mol. The van der Waals surface area contributed by atoms with Gasteiger partial charge in [0.15, 0.2) is 0 Å². The van der Waals surface area contributed by atoms with E-state index in [0.29, 0.717) is 5.76 Å². The zero-order valence-electron chi connectivity index (χ0n) is 14.4. The van der Waals surface area contributed by atoms with Gasteiger partial charge in [-0.15, -0.1) is 0 Å². The Morgan fingerprint density at radius 1 is 1.12 bits per heavy atom. The lowest BCUT2D eigenvalue weighted by Gasteiger charge is -2.20. The van der Waals surface area contributed by atoms with Crippen LogP contribution in [0.25, 0.3) is 11.0 Å². The lowest BCUT2D eigenvalue weighted by Crippen LogP contribution is -2.34. The summed E-state index contributed by atoms with van der Waals surface area (Å²) in [7, 11) is 0. The fraction of sp³-hybridized carbons (Fsp3) is 0.143. The van der Waals surface area contributed by atoms with Gasteiger partial charge < -0.3 is 14.3 Å². The van der Waals surface area contributed by atoms with Gasteiger partial charge in [-0.2, -0.15) is 0 Å². The summed E-state index contributed by atoms with van der Waals surface area (Å²) in [5.41, 5.74) is 1.78. The van der Waals surface area contributed by atoms with Gasteiger partial charge in [-0.25, -0.2) is 4.98 Å². The molecule has 0 saturated carbocycles. The predicted octanol–water partition coefficient (Wildman–Crippen LogP) is 4.10. The standard InChI is InChI=1S/C21H19N3O2/c1-15(24-12-11-22-14-24)21(25)23-20(16-7-3-2-4-8-16)19-13-17-9-5-6-10-18(17)26-19/h2-15,20H,1H3,(H,23,25)/t15-,20+/m0/s1. The highest BCUT2D eigenvalue weighted by Crippen LogP contribution is 2.28. The Balaban J connectivity index is 1.68. The molecular formula is C21H19N3O2. The van der Waals surface area contributed by atoms with Gasteiger partial charge in [-0.1, -0.05) is 48.5 Å². The summed E-state index contributed by atoms with van der Waals surface area (Å²) in [4.78, 5) is 16.8. The van der Waals surface area contributed by atoms with Crippen molar-refractivity contribution in [2.45, 2.75) is 19.0 Å². The van der Waals surface area contributed by atoms with Gasteiger partial charge in [-0.05, 0) is 24.6 Å². The molecule has 4 aromatic rings. The molecule has 0 aliphatic heterocycles. The number of hydrogen-bond donors (Lipinski definition) is 1. The van der Waals surface area contributed by atoms with E-state index in [1.165, 1.54) is 0 Å². The number of amides is 1. The van der Waals surface area contributed by atoms with Crippen LogP contribution in [0.2, 0.25) is 0 Å². The number of para-hydroxylation sites is 1. The van der Waals surface area contributed by atoms with E-state index in [-0.39, 0.29) is 18.0 Å². The topological polar surface area (TPSA) is 60.1 Å². The largest absolute Gasteiger partial charge is 0.459 e. The first kappa shape index (κ1) is 16.1. The third-order valence-electron chi connectivity index (χ3n) is 4.50. The van der Waals surface area contributed by atoms with E-state index >= 15 is 0 Å². The molecule has 0 aliphatic carbocycles. The van der Waals surface area contributed by atoms with Crippen LogP contribution in [-0.4, -0.2) is 15.5 Å². The van der Waals surface area contributed by atoms with Crippen molar-refractivity contribution in [3.8, 4) is 0 Å². The first-order valence-corrected chi connectivity index (χ1v) is 8.53. The minimum Gasteiger partial charge on any atom is -0.459 e. The Kier molecular flexibility index (Phi) is 4.27. The van der Waals surface area contributed by atoms with Crippen LogP contribution in [-0.2, 0) is 4.79 Å². The number of imidazole rings is 1. The van der Waals surface area contributed by atoms with Crippen LogP contribution in [0, 0.1) is 0 Å². The average Bonchev–Trinajstić information content (AvgIpc) is 3.35. The van der Waals surface area contributed by atoms with Gasteiger partial charge in [0.1, 0.15) is 23.4 Å². The van der Waals surface area contributed by atoms with E-state index in [4.69, 9.17) is 4.42 Å². The van der Waals surface area contributed by atoms with Crippen LogP contribution in [0.3, 0.4) is 0 Å². The van der Waals surface area contributed by atoms with Gasteiger partial charge in [0.2, 0.25) is 5.91 Å². The Morgan fingerprint density at radius 3 is 2.62 bits per heavy atom. The predicted molar refractivity (Wildman–Crippen MR) is 99.6 cm³/mol. The highest BCUT2D eigenvalue weighted by Gasteiger charge is 2.24. The van der Waals surface area contributed by atoms with E-state index < -0.39 is 0 Å². The highest BCUT2D eigenvalue weighted by molar-refractivity contribution is 5.82. The minimum absolute atomic E-state index is 0.0997. The van der Waals surface area contributed by atoms with Crippen LogP contribution in [0.1, 0.15) is 30.3 Å². The summed E-state index contributed by atoms with van der Waals surface area (Å²) < 4.78 is 7.80. The van der Waals surface area contributed by atoms with E-state index in [9.17, 15) is 4.79 Å². The Bertz CT molecular complexity index is 973. The molecule has 0 radical (unpaired) electrons. The fourth-order valence-corrected chi connectivity index (χ4v) is 3.01. The molecule has 26 heavy (non-hydrogen) atoms. The number of rotatable bonds is 5. The maximum Gasteiger partial charge on any atom is 0.243 e. The summed E-state index contributed by atoms with van der Waals surface area (Å²) >= 11 is 0. The molecule has 2 aromatic heterocycles. The van der Waals surface area contributed by atoms with Crippen molar-refractivity contribution in [3.05, 3.63) is 90.7 Å². The number of carbonyl (C=O) groups is 1. The maximum atomic E-state index is 12.8. The molecule has 5 nitrogen and oxygen atoms in total. The number of fused-ring (bicyclic) bond motifs is 1. The van der Waals surface area contributed by atoms with E-state index in [0.717, 1.165) is 16.5 Å². The number of furan rings is 1. The summed E-state index contributed by atoms with van der Waals surface area (Å²) in [6.45, 7) is 1.84. The van der Waals surface area contributed by atoms with Gasteiger partial charge in [0.05, 0.1) is 6.33 Å². The minimum atomic E-state index is -0.368. The summed E-state index contributed by atoms with van der Waals surface area (Å²) in [6.07, 6.45) is 5.09. The first-order chi connectivity index (χ1) is 12.7. The number of aromatic nitrogens is 2. The monoisotopic (exact) mass is 345 g/mol. The first-order valence-electron chi connectivity index (χ1n) is 8.53. The normalized spacial score (nSPS) is 13.4.